The lowest BCUT2D eigenvalue weighted by molar-refractivity contribution is 0.295. The smallest absolute Gasteiger partial charge is 0.0576 e. The molecular formula is C15H26IN3. The van der Waals surface area contributed by atoms with Crippen LogP contribution in [0.5, 0.6) is 0 Å². The van der Waals surface area contributed by atoms with E-state index in [-0.39, 0.29) is 0 Å². The van der Waals surface area contributed by atoms with Gasteiger partial charge in [0.25, 0.3) is 0 Å². The lowest BCUT2D eigenvalue weighted by Gasteiger charge is -2.20. The van der Waals surface area contributed by atoms with E-state index in [0.29, 0.717) is 6.04 Å². The van der Waals surface area contributed by atoms with Crippen LogP contribution in [0.15, 0.2) is 18.2 Å². The predicted molar refractivity (Wildman–Crippen MR) is 93.7 cm³/mol. The van der Waals surface area contributed by atoms with Crippen molar-refractivity contribution >= 4 is 34.0 Å². The standard InChI is InChI=1S/C15H26IN3/c1-4-19(5-2)10-6-7-12(3)18-15-9-8-13(16)11-14(15)17/h8-9,11-12,18H,4-7,10,17H2,1-3H3. The molecule has 0 fully saturated rings. The van der Waals surface area contributed by atoms with Gasteiger partial charge in [0.2, 0.25) is 0 Å². The van der Waals surface area contributed by atoms with Gasteiger partial charge in [-0.05, 0) is 80.2 Å². The van der Waals surface area contributed by atoms with Gasteiger partial charge >= 0.3 is 0 Å². The Morgan fingerprint density at radius 2 is 2.00 bits per heavy atom. The summed E-state index contributed by atoms with van der Waals surface area (Å²) in [4.78, 5) is 2.46. The highest BCUT2D eigenvalue weighted by Crippen LogP contribution is 2.22. The van der Waals surface area contributed by atoms with Gasteiger partial charge in [-0.2, -0.15) is 0 Å². The van der Waals surface area contributed by atoms with Gasteiger partial charge in [0, 0.05) is 9.61 Å². The molecule has 108 valence electrons. The van der Waals surface area contributed by atoms with Crippen molar-refractivity contribution in [3.8, 4) is 0 Å². The van der Waals surface area contributed by atoms with Crippen LogP contribution in [0.25, 0.3) is 0 Å². The van der Waals surface area contributed by atoms with Gasteiger partial charge in [0.1, 0.15) is 0 Å². The molecule has 0 amide bonds. The Morgan fingerprint density at radius 3 is 2.58 bits per heavy atom. The second-order valence-electron chi connectivity index (χ2n) is 4.95. The van der Waals surface area contributed by atoms with Crippen LogP contribution in [0.1, 0.15) is 33.6 Å². The molecule has 1 atom stereocenters. The Kier molecular flexibility index (Phi) is 7.53. The van der Waals surface area contributed by atoms with E-state index in [1.807, 2.05) is 6.07 Å². The van der Waals surface area contributed by atoms with E-state index in [1.54, 1.807) is 0 Å². The Hall–Kier alpha value is -0.490. The highest BCUT2D eigenvalue weighted by atomic mass is 127. The van der Waals surface area contributed by atoms with Crippen LogP contribution in [0.3, 0.4) is 0 Å². The average molecular weight is 375 g/mol. The molecule has 1 rings (SSSR count). The molecule has 3 N–H and O–H groups in total. The van der Waals surface area contributed by atoms with E-state index in [1.165, 1.54) is 23.0 Å². The number of hydrogen-bond donors (Lipinski definition) is 2. The van der Waals surface area contributed by atoms with Crippen molar-refractivity contribution in [2.24, 2.45) is 0 Å². The number of halogens is 1. The van der Waals surface area contributed by atoms with Crippen LogP contribution in [0, 0.1) is 3.57 Å². The molecular weight excluding hydrogens is 349 g/mol. The zero-order valence-corrected chi connectivity index (χ0v) is 14.4. The lowest BCUT2D eigenvalue weighted by atomic mass is 10.1. The lowest BCUT2D eigenvalue weighted by Crippen LogP contribution is -2.25. The molecule has 0 aliphatic rings. The molecule has 4 heteroatoms. The van der Waals surface area contributed by atoms with Crippen LogP contribution in [0.2, 0.25) is 0 Å². The molecule has 0 saturated carbocycles. The summed E-state index contributed by atoms with van der Waals surface area (Å²) in [6.07, 6.45) is 2.39. The molecule has 1 unspecified atom stereocenters. The summed E-state index contributed by atoms with van der Waals surface area (Å²) < 4.78 is 1.18. The van der Waals surface area contributed by atoms with E-state index in [2.05, 4.69) is 65.7 Å². The summed E-state index contributed by atoms with van der Waals surface area (Å²) in [5.74, 6) is 0. The maximum absolute atomic E-state index is 6.01. The van der Waals surface area contributed by atoms with Crippen molar-refractivity contribution in [3.05, 3.63) is 21.8 Å². The normalized spacial score (nSPS) is 12.7. The Bertz CT molecular complexity index is 378. The highest BCUT2D eigenvalue weighted by molar-refractivity contribution is 14.1. The first kappa shape index (κ1) is 16.6. The van der Waals surface area contributed by atoms with Gasteiger partial charge in [-0.15, -0.1) is 0 Å². The van der Waals surface area contributed by atoms with Crippen molar-refractivity contribution in [2.45, 2.75) is 39.7 Å². The van der Waals surface area contributed by atoms with Crippen LogP contribution in [-0.4, -0.2) is 30.6 Å². The van der Waals surface area contributed by atoms with Crippen LogP contribution in [0.4, 0.5) is 11.4 Å². The number of nitrogens with one attached hydrogen (secondary N) is 1. The Balaban J connectivity index is 2.36. The van der Waals surface area contributed by atoms with Crippen molar-refractivity contribution in [2.75, 3.05) is 30.7 Å². The SMILES string of the molecule is CCN(CC)CCCC(C)Nc1ccc(I)cc1N. The minimum atomic E-state index is 0.456. The molecule has 19 heavy (non-hydrogen) atoms. The van der Waals surface area contributed by atoms with Crippen LogP contribution in [-0.2, 0) is 0 Å². The molecule has 0 saturated heterocycles. The van der Waals surface area contributed by atoms with Gasteiger partial charge in [0.05, 0.1) is 11.4 Å². The molecule has 0 spiro atoms. The summed E-state index contributed by atoms with van der Waals surface area (Å²) in [5.41, 5.74) is 7.90. The van der Waals surface area contributed by atoms with Crippen molar-refractivity contribution in [1.82, 2.24) is 4.90 Å². The summed E-state index contributed by atoms with van der Waals surface area (Å²) in [6.45, 7) is 10.1. The molecule has 0 aliphatic carbocycles. The van der Waals surface area contributed by atoms with E-state index in [0.717, 1.165) is 24.5 Å². The topological polar surface area (TPSA) is 41.3 Å². The molecule has 0 aromatic heterocycles. The summed E-state index contributed by atoms with van der Waals surface area (Å²) in [7, 11) is 0. The first-order valence-corrected chi connectivity index (χ1v) is 8.18. The van der Waals surface area contributed by atoms with E-state index >= 15 is 0 Å². The molecule has 0 radical (unpaired) electrons. The number of nitrogens with zero attached hydrogens (tertiary/aromatic N) is 1. The molecule has 0 aliphatic heterocycles. The summed E-state index contributed by atoms with van der Waals surface area (Å²) >= 11 is 2.28. The average Bonchev–Trinajstić information content (AvgIpc) is 2.38. The quantitative estimate of drug-likeness (QED) is 0.537. The predicted octanol–water partition coefficient (Wildman–Crippen LogP) is 3.80. The third-order valence-corrected chi connectivity index (χ3v) is 4.09. The third kappa shape index (κ3) is 5.99. The zero-order chi connectivity index (χ0) is 14.3. The number of benzene rings is 1. The van der Waals surface area contributed by atoms with Crippen molar-refractivity contribution in [3.63, 3.8) is 0 Å². The first-order chi connectivity index (χ1) is 9.06. The summed E-state index contributed by atoms with van der Waals surface area (Å²) in [5, 5.41) is 3.50. The van der Waals surface area contributed by atoms with E-state index in [4.69, 9.17) is 5.73 Å². The van der Waals surface area contributed by atoms with Gasteiger partial charge in [-0.3, -0.25) is 0 Å². The van der Waals surface area contributed by atoms with Gasteiger partial charge < -0.3 is 16.0 Å². The number of nitrogens with two attached hydrogens (primary N) is 1. The number of nitrogen functional groups attached to an aromatic ring is 1. The Labute approximate surface area is 131 Å². The molecule has 1 aromatic rings. The fourth-order valence-corrected chi connectivity index (χ4v) is 2.68. The number of anilines is 2. The third-order valence-electron chi connectivity index (χ3n) is 3.42. The molecule has 1 aromatic carbocycles. The fourth-order valence-electron chi connectivity index (χ4n) is 2.16. The van der Waals surface area contributed by atoms with Crippen LogP contribution < -0.4 is 11.1 Å². The zero-order valence-electron chi connectivity index (χ0n) is 12.2. The molecule has 0 bridgehead atoms. The second kappa shape index (κ2) is 8.64. The minimum absolute atomic E-state index is 0.456. The largest absolute Gasteiger partial charge is 0.397 e. The van der Waals surface area contributed by atoms with Gasteiger partial charge in [-0.25, -0.2) is 0 Å². The second-order valence-corrected chi connectivity index (χ2v) is 6.19. The van der Waals surface area contributed by atoms with Crippen LogP contribution >= 0.6 is 22.6 Å². The summed E-state index contributed by atoms with van der Waals surface area (Å²) in [6, 6.07) is 6.61. The van der Waals surface area contributed by atoms with Gasteiger partial charge in [0.15, 0.2) is 0 Å². The maximum Gasteiger partial charge on any atom is 0.0576 e. The van der Waals surface area contributed by atoms with E-state index in [9.17, 15) is 0 Å². The molecule has 3 nitrogen and oxygen atoms in total. The molecule has 0 heterocycles. The van der Waals surface area contributed by atoms with Crippen molar-refractivity contribution in [1.29, 1.82) is 0 Å². The van der Waals surface area contributed by atoms with E-state index < -0.39 is 0 Å². The monoisotopic (exact) mass is 375 g/mol. The fraction of sp³-hybridized carbons (Fsp3) is 0.600. The Morgan fingerprint density at radius 1 is 1.32 bits per heavy atom. The number of rotatable bonds is 8. The first-order valence-electron chi connectivity index (χ1n) is 7.10. The number of hydrogen-bond acceptors (Lipinski definition) is 3. The minimum Gasteiger partial charge on any atom is -0.397 e. The highest BCUT2D eigenvalue weighted by Gasteiger charge is 2.06. The van der Waals surface area contributed by atoms with Crippen molar-refractivity contribution < 1.29 is 0 Å². The van der Waals surface area contributed by atoms with Gasteiger partial charge in [-0.1, -0.05) is 13.8 Å². The maximum atomic E-state index is 6.01.